The Bertz CT molecular complexity index is 1420. The van der Waals surface area contributed by atoms with Crippen LogP contribution < -0.4 is 0 Å². The Hall–Kier alpha value is -3.78. The molecule has 0 bridgehead atoms. The maximum Gasteiger partial charge on any atom is 0.255 e. The highest BCUT2D eigenvalue weighted by Gasteiger charge is 2.24. The van der Waals surface area contributed by atoms with E-state index in [1.165, 1.54) is 4.88 Å². The Morgan fingerprint density at radius 1 is 1.15 bits per heavy atom. The molecule has 5 rings (SSSR count). The van der Waals surface area contributed by atoms with E-state index in [0.29, 0.717) is 24.3 Å². The van der Waals surface area contributed by atoms with Gasteiger partial charge in [-0.3, -0.25) is 9.78 Å². The van der Waals surface area contributed by atoms with E-state index in [-0.39, 0.29) is 11.9 Å². The summed E-state index contributed by atoms with van der Waals surface area (Å²) in [6, 6.07) is 13.7. The second-order valence-corrected chi connectivity index (χ2v) is 9.78. The van der Waals surface area contributed by atoms with E-state index in [9.17, 15) is 4.79 Å². The predicted octanol–water partition coefficient (Wildman–Crippen LogP) is 5.88. The van der Waals surface area contributed by atoms with Gasteiger partial charge in [-0.2, -0.15) is 5.10 Å². The van der Waals surface area contributed by atoms with Gasteiger partial charge in [0.1, 0.15) is 5.76 Å². The minimum absolute atomic E-state index is 0.106. The van der Waals surface area contributed by atoms with E-state index < -0.39 is 0 Å². The van der Waals surface area contributed by atoms with Crippen molar-refractivity contribution in [3.05, 3.63) is 89.1 Å². The summed E-state index contributed by atoms with van der Waals surface area (Å²) < 4.78 is 7.44. The molecule has 0 aliphatic rings. The zero-order valence-corrected chi connectivity index (χ0v) is 20.1. The van der Waals surface area contributed by atoms with Gasteiger partial charge >= 0.3 is 0 Å². The van der Waals surface area contributed by atoms with Crippen LogP contribution in [0.5, 0.6) is 0 Å². The van der Waals surface area contributed by atoms with E-state index in [1.807, 2.05) is 35.0 Å². The first-order valence-electron chi connectivity index (χ1n) is 11.1. The van der Waals surface area contributed by atoms with Gasteiger partial charge in [0.15, 0.2) is 5.65 Å². The second kappa shape index (κ2) is 9.23. The van der Waals surface area contributed by atoms with Crippen LogP contribution in [0.15, 0.2) is 71.7 Å². The van der Waals surface area contributed by atoms with Crippen molar-refractivity contribution >= 4 is 28.3 Å². The topological polar surface area (TPSA) is 77.0 Å². The highest BCUT2D eigenvalue weighted by atomic mass is 32.1. The van der Waals surface area contributed by atoms with Gasteiger partial charge in [0.25, 0.3) is 5.91 Å². The summed E-state index contributed by atoms with van der Waals surface area (Å²) in [7, 11) is 0. The number of rotatable bonds is 7. The van der Waals surface area contributed by atoms with E-state index in [0.717, 1.165) is 27.3 Å². The first-order chi connectivity index (χ1) is 16.5. The standard InChI is InChI=1S/C26H25N5O2S/c1-17(2)31-25-22(14-28-31)21(12-23(29-25)24-9-8-18(3)34-24)26(32)30(16-20-7-5-11-33-20)15-19-6-4-10-27-13-19/h4-14,17H,15-16H2,1-3H3. The fourth-order valence-electron chi connectivity index (χ4n) is 3.94. The quantitative estimate of drug-likeness (QED) is 0.296. The summed E-state index contributed by atoms with van der Waals surface area (Å²) in [4.78, 5) is 27.2. The van der Waals surface area contributed by atoms with Crippen LogP contribution in [0.2, 0.25) is 0 Å². The molecule has 5 heterocycles. The van der Waals surface area contributed by atoms with Crippen LogP contribution in [0.4, 0.5) is 0 Å². The number of thiophene rings is 1. The van der Waals surface area contributed by atoms with Crippen LogP contribution in [0.3, 0.4) is 0 Å². The van der Waals surface area contributed by atoms with Crippen molar-refractivity contribution in [3.8, 4) is 10.6 Å². The summed E-state index contributed by atoms with van der Waals surface area (Å²) in [6.45, 7) is 6.93. The second-order valence-electron chi connectivity index (χ2n) is 8.49. The average Bonchev–Trinajstić information content (AvgIpc) is 3.59. The number of carbonyl (C=O) groups is 1. The van der Waals surface area contributed by atoms with Crippen LogP contribution in [0, 0.1) is 6.92 Å². The van der Waals surface area contributed by atoms with Gasteiger partial charge in [0.05, 0.1) is 40.5 Å². The summed E-state index contributed by atoms with van der Waals surface area (Å²) in [6.07, 6.45) is 6.87. The molecule has 0 spiro atoms. The Morgan fingerprint density at radius 2 is 2.03 bits per heavy atom. The zero-order valence-electron chi connectivity index (χ0n) is 19.3. The van der Waals surface area contributed by atoms with Crippen LogP contribution in [0.25, 0.3) is 21.6 Å². The smallest absolute Gasteiger partial charge is 0.255 e. The van der Waals surface area contributed by atoms with Crippen LogP contribution in [-0.2, 0) is 13.1 Å². The molecule has 0 atom stereocenters. The van der Waals surface area contributed by atoms with Gasteiger partial charge in [-0.25, -0.2) is 9.67 Å². The maximum atomic E-state index is 14.1. The molecule has 1 amide bonds. The molecule has 0 N–H and O–H groups in total. The Morgan fingerprint density at radius 3 is 2.71 bits per heavy atom. The van der Waals surface area contributed by atoms with E-state index in [4.69, 9.17) is 9.40 Å². The first kappa shape index (κ1) is 22.0. The maximum absolute atomic E-state index is 14.1. The normalized spacial score (nSPS) is 11.4. The number of hydrogen-bond acceptors (Lipinski definition) is 6. The Labute approximate surface area is 201 Å². The molecule has 8 heteroatoms. The highest BCUT2D eigenvalue weighted by molar-refractivity contribution is 7.15. The number of fused-ring (bicyclic) bond motifs is 1. The molecular weight excluding hydrogens is 446 g/mol. The summed E-state index contributed by atoms with van der Waals surface area (Å²) >= 11 is 1.66. The van der Waals surface area contributed by atoms with Gasteiger partial charge in [-0.05, 0) is 62.7 Å². The molecule has 7 nitrogen and oxygen atoms in total. The summed E-state index contributed by atoms with van der Waals surface area (Å²) in [5.41, 5.74) is 3.00. The van der Waals surface area contributed by atoms with Gasteiger partial charge < -0.3 is 9.32 Å². The average molecular weight is 472 g/mol. The number of aryl methyl sites for hydroxylation is 1. The molecule has 34 heavy (non-hydrogen) atoms. The third kappa shape index (κ3) is 4.36. The molecule has 0 fully saturated rings. The lowest BCUT2D eigenvalue weighted by Crippen LogP contribution is -2.30. The lowest BCUT2D eigenvalue weighted by atomic mass is 10.1. The van der Waals surface area contributed by atoms with Crippen LogP contribution in [0.1, 0.15) is 46.4 Å². The van der Waals surface area contributed by atoms with Crippen molar-refractivity contribution < 1.29 is 9.21 Å². The summed E-state index contributed by atoms with van der Waals surface area (Å²) in [5.74, 6) is 0.611. The van der Waals surface area contributed by atoms with Crippen molar-refractivity contribution in [2.45, 2.75) is 39.9 Å². The third-order valence-electron chi connectivity index (χ3n) is 5.59. The molecule has 5 aromatic rings. The number of furan rings is 1. The molecule has 0 aliphatic heterocycles. The fraction of sp³-hybridized carbons (Fsp3) is 0.231. The molecule has 0 aromatic carbocycles. The van der Waals surface area contributed by atoms with Crippen molar-refractivity contribution in [1.29, 1.82) is 0 Å². The summed E-state index contributed by atoms with van der Waals surface area (Å²) in [5, 5.41) is 5.30. The fourth-order valence-corrected chi connectivity index (χ4v) is 4.77. The lowest BCUT2D eigenvalue weighted by Gasteiger charge is -2.22. The first-order valence-corrected chi connectivity index (χ1v) is 12.0. The van der Waals surface area contributed by atoms with Gasteiger partial charge in [-0.15, -0.1) is 11.3 Å². The minimum Gasteiger partial charge on any atom is -0.467 e. The van der Waals surface area contributed by atoms with Crippen molar-refractivity contribution in [2.24, 2.45) is 0 Å². The molecule has 0 saturated heterocycles. The number of nitrogens with zero attached hydrogens (tertiary/aromatic N) is 5. The lowest BCUT2D eigenvalue weighted by molar-refractivity contribution is 0.0719. The highest BCUT2D eigenvalue weighted by Crippen LogP contribution is 2.31. The largest absolute Gasteiger partial charge is 0.467 e. The molecule has 0 aliphatic carbocycles. The van der Waals surface area contributed by atoms with E-state index >= 15 is 0 Å². The molecule has 0 unspecified atom stereocenters. The van der Waals surface area contributed by atoms with Crippen molar-refractivity contribution in [3.63, 3.8) is 0 Å². The minimum atomic E-state index is -0.106. The SMILES string of the molecule is Cc1ccc(-c2cc(C(=O)N(Cc3cccnc3)Cc3ccco3)c3cnn(C(C)C)c3n2)s1. The van der Waals surface area contributed by atoms with E-state index in [2.05, 4.69) is 43.0 Å². The number of hydrogen-bond donors (Lipinski definition) is 0. The predicted molar refractivity (Wildman–Crippen MR) is 132 cm³/mol. The molecule has 0 radical (unpaired) electrons. The third-order valence-corrected chi connectivity index (χ3v) is 6.61. The zero-order chi connectivity index (χ0) is 23.7. The molecular formula is C26H25N5O2S. The van der Waals surface area contributed by atoms with E-state index in [1.54, 1.807) is 41.1 Å². The molecule has 5 aromatic heterocycles. The number of amides is 1. The molecule has 0 saturated carbocycles. The molecule has 172 valence electrons. The van der Waals surface area contributed by atoms with Gasteiger partial charge in [-0.1, -0.05) is 6.07 Å². The Balaban J connectivity index is 1.63. The number of pyridine rings is 2. The monoisotopic (exact) mass is 471 g/mol. The van der Waals surface area contributed by atoms with Crippen molar-refractivity contribution in [2.75, 3.05) is 0 Å². The van der Waals surface area contributed by atoms with Gasteiger partial charge in [0, 0.05) is 29.9 Å². The number of aromatic nitrogens is 4. The van der Waals surface area contributed by atoms with Gasteiger partial charge in [0.2, 0.25) is 0 Å². The number of carbonyl (C=O) groups excluding carboxylic acids is 1. The van der Waals surface area contributed by atoms with Crippen LogP contribution >= 0.6 is 11.3 Å². The van der Waals surface area contributed by atoms with Crippen LogP contribution in [-0.4, -0.2) is 30.6 Å². The Kier molecular flexibility index (Phi) is 5.98. The van der Waals surface area contributed by atoms with Crippen molar-refractivity contribution in [1.82, 2.24) is 24.6 Å².